The first kappa shape index (κ1) is 11.9. The number of aliphatic hydroxyl groups is 5. The molecule has 0 aliphatic rings. The van der Waals surface area contributed by atoms with Crippen molar-refractivity contribution in [1.82, 2.24) is 0 Å². The molecule has 0 saturated heterocycles. The number of ether oxygens (including phenoxy) is 1. The predicted octanol–water partition coefficient (Wildman–Crippen LogP) is -2.81. The molecule has 0 aromatic rings. The van der Waals surface area contributed by atoms with Gasteiger partial charge in [-0.3, -0.25) is 0 Å². The van der Waals surface area contributed by atoms with E-state index in [1.54, 1.807) is 13.1 Å². The molecule has 0 unspecified atom stereocenters. The zero-order valence-corrected chi connectivity index (χ0v) is 7.78. The first-order valence-corrected chi connectivity index (χ1v) is 5.90. The lowest BCUT2D eigenvalue weighted by atomic mass is 11.0. The van der Waals surface area contributed by atoms with Gasteiger partial charge >= 0.3 is 12.3 Å². The van der Waals surface area contributed by atoms with Crippen LogP contribution >= 0.6 is 0 Å². The Morgan fingerprint density at radius 1 is 1.00 bits per heavy atom. The molecule has 0 aliphatic heterocycles. The van der Waals surface area contributed by atoms with Crippen molar-refractivity contribution in [1.29, 1.82) is 0 Å². The van der Waals surface area contributed by atoms with Gasteiger partial charge in [0.1, 0.15) is 0 Å². The summed E-state index contributed by atoms with van der Waals surface area (Å²) in [5, 5.41) is 41.9. The summed E-state index contributed by atoms with van der Waals surface area (Å²) >= 11 is 0. The maximum Gasteiger partial charge on any atom is 0.411 e. The first-order chi connectivity index (χ1) is 5.12. The predicted molar refractivity (Wildman–Crippen MR) is 37.6 cm³/mol. The molecule has 0 fully saturated rings. The minimum atomic E-state index is -3.63. The Morgan fingerprint density at radius 3 is 1.67 bits per heavy atom. The van der Waals surface area contributed by atoms with Crippen molar-refractivity contribution < 1.29 is 34.7 Å². The Bertz CT molecular complexity index is 139. The molecular weight excluding hydrogens is 188 g/mol. The van der Waals surface area contributed by atoms with Gasteiger partial charge in [-0.15, -0.1) is 0 Å². The summed E-state index contributed by atoms with van der Waals surface area (Å²) in [5.41, 5.74) is 0. The maximum atomic E-state index is 8.69. The van der Waals surface area contributed by atoms with Crippen LogP contribution in [0.25, 0.3) is 0 Å². The molecule has 0 aromatic carbocycles. The van der Waals surface area contributed by atoms with Crippen LogP contribution in [-0.4, -0.2) is 46.9 Å². The van der Waals surface area contributed by atoms with Gasteiger partial charge in [-0.1, -0.05) is 0 Å². The van der Waals surface area contributed by atoms with Crippen LogP contribution < -0.4 is 0 Å². The number of rotatable bonds is 4. The van der Waals surface area contributed by atoms with E-state index >= 15 is 0 Å². The molecular formula is C4H12O7Si. The van der Waals surface area contributed by atoms with Crippen molar-refractivity contribution in [2.75, 3.05) is 0 Å². The Hall–Kier alpha value is -0.0631. The van der Waals surface area contributed by atoms with Gasteiger partial charge in [-0.25, -0.2) is 4.74 Å². The fraction of sp³-hybridized carbons (Fsp3) is 1.00. The van der Waals surface area contributed by atoms with E-state index in [4.69, 9.17) is 25.5 Å². The second-order valence-corrected chi connectivity index (χ2v) is 4.72. The molecule has 12 heavy (non-hydrogen) atoms. The Balaban J connectivity index is 4.04. The van der Waals surface area contributed by atoms with Gasteiger partial charge in [0, 0.05) is 0 Å². The topological polar surface area (TPSA) is 120 Å². The third kappa shape index (κ3) is 6.63. The van der Waals surface area contributed by atoms with E-state index in [-0.39, 0.29) is 0 Å². The van der Waals surface area contributed by atoms with Gasteiger partial charge in [-0.2, -0.15) is 0 Å². The van der Waals surface area contributed by atoms with Gasteiger partial charge in [-0.05, 0) is 13.1 Å². The highest BCUT2D eigenvalue weighted by Gasteiger charge is 2.37. The standard InChI is InChI=1S/C4H12O7Si/c1-12(2)11-4(8,9)10-3(5,6)7/h5-9,12H,1-2H3. The summed E-state index contributed by atoms with van der Waals surface area (Å²) in [4.78, 5) is 0. The highest BCUT2D eigenvalue weighted by molar-refractivity contribution is 6.48. The molecule has 0 aliphatic carbocycles. The van der Waals surface area contributed by atoms with Crippen LogP contribution in [0.1, 0.15) is 0 Å². The van der Waals surface area contributed by atoms with Gasteiger partial charge in [0.05, 0.1) is 0 Å². The minimum absolute atomic E-state index is 1.58. The van der Waals surface area contributed by atoms with E-state index in [1.807, 2.05) is 0 Å². The highest BCUT2D eigenvalue weighted by atomic mass is 28.3. The zero-order chi connectivity index (χ0) is 9.99. The highest BCUT2D eigenvalue weighted by Crippen LogP contribution is 2.12. The molecule has 7 nitrogen and oxygen atoms in total. The monoisotopic (exact) mass is 200 g/mol. The van der Waals surface area contributed by atoms with E-state index < -0.39 is 21.4 Å². The van der Waals surface area contributed by atoms with Crippen molar-refractivity contribution in [3.8, 4) is 0 Å². The molecule has 5 N–H and O–H groups in total. The molecule has 0 heterocycles. The summed E-state index contributed by atoms with van der Waals surface area (Å²) in [7, 11) is -1.84. The van der Waals surface area contributed by atoms with Crippen LogP contribution in [-0.2, 0) is 9.16 Å². The Labute approximate surface area is 70.1 Å². The van der Waals surface area contributed by atoms with E-state index in [2.05, 4.69) is 9.16 Å². The Morgan fingerprint density at radius 2 is 1.42 bits per heavy atom. The Kier molecular flexibility index (Phi) is 3.74. The smallest absolute Gasteiger partial charge is 0.349 e. The fourth-order valence-electron chi connectivity index (χ4n) is 0.509. The molecule has 0 aromatic heterocycles. The molecule has 0 rings (SSSR count). The second kappa shape index (κ2) is 3.76. The average Bonchev–Trinajstić information content (AvgIpc) is 1.48. The summed E-state index contributed by atoms with van der Waals surface area (Å²) < 4.78 is 7.89. The zero-order valence-electron chi connectivity index (χ0n) is 6.63. The van der Waals surface area contributed by atoms with Crippen LogP contribution in [0.2, 0.25) is 13.1 Å². The van der Waals surface area contributed by atoms with Gasteiger partial charge in [0.15, 0.2) is 9.04 Å². The summed E-state index contributed by atoms with van der Waals surface area (Å²) in [6.45, 7) is 3.16. The molecule has 8 heteroatoms. The molecule has 0 atom stereocenters. The van der Waals surface area contributed by atoms with Crippen molar-refractivity contribution in [3.63, 3.8) is 0 Å². The summed E-state index contributed by atoms with van der Waals surface area (Å²) in [6, 6.07) is 0. The maximum absolute atomic E-state index is 8.69. The van der Waals surface area contributed by atoms with Crippen LogP contribution in [0.3, 0.4) is 0 Å². The van der Waals surface area contributed by atoms with Crippen LogP contribution in [0.5, 0.6) is 0 Å². The lowest BCUT2D eigenvalue weighted by Crippen LogP contribution is -2.48. The summed E-state index contributed by atoms with van der Waals surface area (Å²) in [5.74, 6) is 0. The lowest BCUT2D eigenvalue weighted by Gasteiger charge is -2.26. The summed E-state index contributed by atoms with van der Waals surface area (Å²) in [6.07, 6.45) is -6.81. The SMILES string of the molecule is C[SiH](C)OC(O)(O)OC(O)(O)O. The van der Waals surface area contributed by atoms with Crippen molar-refractivity contribution in [2.45, 2.75) is 25.4 Å². The van der Waals surface area contributed by atoms with E-state index in [0.717, 1.165) is 0 Å². The van der Waals surface area contributed by atoms with Gasteiger partial charge < -0.3 is 30.0 Å². The fourth-order valence-corrected chi connectivity index (χ4v) is 1.17. The number of hydrogen-bond acceptors (Lipinski definition) is 7. The van der Waals surface area contributed by atoms with Gasteiger partial charge in [0.2, 0.25) is 0 Å². The van der Waals surface area contributed by atoms with E-state index in [9.17, 15) is 0 Å². The normalized spacial score (nSPS) is 14.0. The van der Waals surface area contributed by atoms with E-state index in [1.165, 1.54) is 0 Å². The molecule has 0 spiro atoms. The molecule has 0 saturated carbocycles. The first-order valence-electron chi connectivity index (χ1n) is 3.12. The van der Waals surface area contributed by atoms with Crippen molar-refractivity contribution >= 4 is 9.04 Å². The molecule has 0 amide bonds. The van der Waals surface area contributed by atoms with Crippen LogP contribution in [0.15, 0.2) is 0 Å². The lowest BCUT2D eigenvalue weighted by molar-refractivity contribution is -0.579. The molecule has 0 radical (unpaired) electrons. The van der Waals surface area contributed by atoms with Crippen LogP contribution in [0.4, 0.5) is 0 Å². The molecule has 74 valence electrons. The van der Waals surface area contributed by atoms with Crippen molar-refractivity contribution in [3.05, 3.63) is 0 Å². The largest absolute Gasteiger partial charge is 0.411 e. The molecule has 0 bridgehead atoms. The average molecular weight is 200 g/mol. The van der Waals surface area contributed by atoms with Gasteiger partial charge in [0.25, 0.3) is 0 Å². The van der Waals surface area contributed by atoms with E-state index in [0.29, 0.717) is 0 Å². The third-order valence-corrected chi connectivity index (χ3v) is 1.44. The third-order valence-electron chi connectivity index (χ3n) is 0.659. The number of hydrogen-bond donors (Lipinski definition) is 5. The minimum Gasteiger partial charge on any atom is -0.349 e. The quantitative estimate of drug-likeness (QED) is 0.245. The van der Waals surface area contributed by atoms with Crippen LogP contribution in [0, 0.1) is 0 Å². The second-order valence-electron chi connectivity index (χ2n) is 2.39. The van der Waals surface area contributed by atoms with Crippen molar-refractivity contribution in [2.24, 2.45) is 0 Å².